The molecule has 1 aromatic rings. The highest BCUT2D eigenvalue weighted by molar-refractivity contribution is 5.02. The van der Waals surface area contributed by atoms with E-state index in [0.717, 1.165) is 12.8 Å². The predicted molar refractivity (Wildman–Crippen MR) is 75.5 cm³/mol. The third-order valence-electron chi connectivity index (χ3n) is 4.35. The number of nitrogens with two attached hydrogens (primary N) is 1. The van der Waals surface area contributed by atoms with Gasteiger partial charge in [0.15, 0.2) is 0 Å². The molecular formula is C15H27N3. The van der Waals surface area contributed by atoms with E-state index in [4.69, 9.17) is 10.8 Å². The fourth-order valence-electron chi connectivity index (χ4n) is 3.01. The maximum absolute atomic E-state index is 6.01. The van der Waals surface area contributed by atoms with E-state index in [9.17, 15) is 0 Å². The minimum absolute atomic E-state index is 0.259. The summed E-state index contributed by atoms with van der Waals surface area (Å²) in [7, 11) is 0. The Balaban J connectivity index is 1.96. The first-order chi connectivity index (χ1) is 8.70. The normalized spacial score (nSPS) is 20.8. The lowest BCUT2D eigenvalue weighted by atomic mass is 9.94. The van der Waals surface area contributed by atoms with Gasteiger partial charge in [-0.3, -0.25) is 4.68 Å². The zero-order valence-electron chi connectivity index (χ0n) is 11.8. The maximum atomic E-state index is 6.01. The molecule has 1 aliphatic rings. The minimum atomic E-state index is 0.259. The highest BCUT2D eigenvalue weighted by Crippen LogP contribution is 2.27. The van der Waals surface area contributed by atoms with Gasteiger partial charge in [-0.2, -0.15) is 5.10 Å². The van der Waals surface area contributed by atoms with E-state index in [0.29, 0.717) is 12.0 Å². The zero-order chi connectivity index (χ0) is 13.0. The Kier molecular flexibility index (Phi) is 4.81. The topological polar surface area (TPSA) is 43.8 Å². The summed E-state index contributed by atoms with van der Waals surface area (Å²) < 4.78 is 2.20. The highest BCUT2D eigenvalue weighted by atomic mass is 15.3. The number of hydrogen-bond acceptors (Lipinski definition) is 2. The quantitative estimate of drug-likeness (QED) is 0.870. The molecule has 0 spiro atoms. The SMILES string of the molecule is CCC(Cc1ccn(C2CCCCC2)n1)C(C)N. The molecule has 0 saturated heterocycles. The second-order valence-corrected chi connectivity index (χ2v) is 5.81. The molecule has 2 unspecified atom stereocenters. The van der Waals surface area contributed by atoms with Crippen molar-refractivity contribution in [2.45, 2.75) is 70.9 Å². The summed E-state index contributed by atoms with van der Waals surface area (Å²) in [6.07, 6.45) is 11.0. The van der Waals surface area contributed by atoms with Crippen LogP contribution >= 0.6 is 0 Å². The van der Waals surface area contributed by atoms with E-state index in [1.807, 2.05) is 0 Å². The van der Waals surface area contributed by atoms with E-state index in [1.165, 1.54) is 37.8 Å². The molecule has 0 radical (unpaired) electrons. The molecule has 2 atom stereocenters. The van der Waals surface area contributed by atoms with Gasteiger partial charge in [0.2, 0.25) is 0 Å². The average Bonchev–Trinajstić information content (AvgIpc) is 2.85. The lowest BCUT2D eigenvalue weighted by molar-refractivity contribution is 0.326. The molecule has 3 heteroatoms. The molecule has 18 heavy (non-hydrogen) atoms. The molecule has 0 aromatic carbocycles. The standard InChI is InChI=1S/C15H27N3/c1-3-13(12(2)16)11-14-9-10-18(17-14)15-7-5-4-6-8-15/h9-10,12-13,15H,3-8,11,16H2,1-2H3. The lowest BCUT2D eigenvalue weighted by Gasteiger charge is -2.22. The van der Waals surface area contributed by atoms with Gasteiger partial charge in [0.05, 0.1) is 11.7 Å². The molecule has 102 valence electrons. The average molecular weight is 249 g/mol. The van der Waals surface area contributed by atoms with Crippen molar-refractivity contribution in [2.24, 2.45) is 11.7 Å². The Morgan fingerprint density at radius 3 is 2.72 bits per heavy atom. The van der Waals surface area contributed by atoms with Crippen molar-refractivity contribution in [1.29, 1.82) is 0 Å². The van der Waals surface area contributed by atoms with Crippen molar-refractivity contribution in [3.05, 3.63) is 18.0 Å². The fraction of sp³-hybridized carbons (Fsp3) is 0.800. The van der Waals surface area contributed by atoms with Gasteiger partial charge in [-0.1, -0.05) is 32.6 Å². The van der Waals surface area contributed by atoms with Gasteiger partial charge in [0, 0.05) is 12.2 Å². The summed E-state index contributed by atoms with van der Waals surface area (Å²) >= 11 is 0. The molecule has 2 rings (SSSR count). The van der Waals surface area contributed by atoms with Gasteiger partial charge in [-0.05, 0) is 38.2 Å². The van der Waals surface area contributed by atoms with Crippen molar-refractivity contribution in [1.82, 2.24) is 9.78 Å². The van der Waals surface area contributed by atoms with Crippen molar-refractivity contribution in [3.63, 3.8) is 0 Å². The third-order valence-corrected chi connectivity index (χ3v) is 4.35. The van der Waals surface area contributed by atoms with Gasteiger partial charge in [-0.15, -0.1) is 0 Å². The molecule has 0 aliphatic heterocycles. The van der Waals surface area contributed by atoms with Crippen LogP contribution in [0.25, 0.3) is 0 Å². The second kappa shape index (κ2) is 6.37. The van der Waals surface area contributed by atoms with Crippen LogP contribution < -0.4 is 5.73 Å². The molecule has 1 fully saturated rings. The Labute approximate surface area is 111 Å². The van der Waals surface area contributed by atoms with Crippen molar-refractivity contribution >= 4 is 0 Å². The van der Waals surface area contributed by atoms with Gasteiger partial charge in [0.1, 0.15) is 0 Å². The van der Waals surface area contributed by atoms with E-state index in [-0.39, 0.29) is 6.04 Å². The Bertz CT molecular complexity index is 350. The summed E-state index contributed by atoms with van der Waals surface area (Å²) in [5.74, 6) is 0.555. The lowest BCUT2D eigenvalue weighted by Crippen LogP contribution is -2.27. The van der Waals surface area contributed by atoms with Crippen molar-refractivity contribution in [2.75, 3.05) is 0 Å². The second-order valence-electron chi connectivity index (χ2n) is 5.81. The predicted octanol–water partition coefficient (Wildman–Crippen LogP) is 3.30. The van der Waals surface area contributed by atoms with Crippen LogP contribution in [0.5, 0.6) is 0 Å². The fourth-order valence-corrected chi connectivity index (χ4v) is 3.01. The highest BCUT2D eigenvalue weighted by Gasteiger charge is 2.18. The number of nitrogens with zero attached hydrogens (tertiary/aromatic N) is 2. The molecule has 1 saturated carbocycles. The van der Waals surface area contributed by atoms with Crippen LogP contribution in [0.1, 0.15) is 64.1 Å². The van der Waals surface area contributed by atoms with Gasteiger partial charge >= 0.3 is 0 Å². The molecule has 0 amide bonds. The number of rotatable bonds is 5. The van der Waals surface area contributed by atoms with E-state index >= 15 is 0 Å². The Morgan fingerprint density at radius 2 is 2.11 bits per heavy atom. The van der Waals surface area contributed by atoms with Crippen LogP contribution in [-0.2, 0) is 6.42 Å². The molecule has 1 aliphatic carbocycles. The first kappa shape index (κ1) is 13.6. The first-order valence-corrected chi connectivity index (χ1v) is 7.50. The van der Waals surface area contributed by atoms with Crippen molar-refractivity contribution < 1.29 is 0 Å². The van der Waals surface area contributed by atoms with Crippen LogP contribution in [0.2, 0.25) is 0 Å². The van der Waals surface area contributed by atoms with Crippen LogP contribution in [0, 0.1) is 5.92 Å². The van der Waals surface area contributed by atoms with Crippen molar-refractivity contribution in [3.8, 4) is 0 Å². The summed E-state index contributed by atoms with van der Waals surface area (Å²) in [5.41, 5.74) is 7.22. The Hall–Kier alpha value is -0.830. The maximum Gasteiger partial charge on any atom is 0.0628 e. The third kappa shape index (κ3) is 3.35. The molecule has 1 aromatic heterocycles. The molecule has 2 N–H and O–H groups in total. The van der Waals surface area contributed by atoms with Crippen LogP contribution in [0.15, 0.2) is 12.3 Å². The number of aromatic nitrogens is 2. The zero-order valence-corrected chi connectivity index (χ0v) is 11.8. The number of hydrogen-bond donors (Lipinski definition) is 1. The molecular weight excluding hydrogens is 222 g/mol. The van der Waals surface area contributed by atoms with Gasteiger partial charge < -0.3 is 5.73 Å². The smallest absolute Gasteiger partial charge is 0.0628 e. The minimum Gasteiger partial charge on any atom is -0.328 e. The van der Waals surface area contributed by atoms with E-state index < -0.39 is 0 Å². The van der Waals surface area contributed by atoms with E-state index in [1.54, 1.807) is 0 Å². The van der Waals surface area contributed by atoms with Crippen LogP contribution in [0.3, 0.4) is 0 Å². The summed E-state index contributed by atoms with van der Waals surface area (Å²) in [6.45, 7) is 4.32. The van der Waals surface area contributed by atoms with Gasteiger partial charge in [0.25, 0.3) is 0 Å². The molecule has 1 heterocycles. The van der Waals surface area contributed by atoms with Crippen LogP contribution in [-0.4, -0.2) is 15.8 Å². The molecule has 0 bridgehead atoms. The first-order valence-electron chi connectivity index (χ1n) is 7.50. The summed E-state index contributed by atoms with van der Waals surface area (Å²) in [6, 6.07) is 3.08. The summed E-state index contributed by atoms with van der Waals surface area (Å²) in [5, 5.41) is 4.77. The largest absolute Gasteiger partial charge is 0.328 e. The Morgan fingerprint density at radius 1 is 1.39 bits per heavy atom. The molecule has 3 nitrogen and oxygen atoms in total. The van der Waals surface area contributed by atoms with Crippen LogP contribution in [0.4, 0.5) is 0 Å². The monoisotopic (exact) mass is 249 g/mol. The van der Waals surface area contributed by atoms with E-state index in [2.05, 4.69) is 30.8 Å². The van der Waals surface area contributed by atoms with Gasteiger partial charge in [-0.25, -0.2) is 0 Å². The summed E-state index contributed by atoms with van der Waals surface area (Å²) in [4.78, 5) is 0.